The Hall–Kier alpha value is -1.41. The molecule has 2 aromatic rings. The number of aromatic nitrogens is 1. The van der Waals surface area contributed by atoms with Crippen molar-refractivity contribution in [3.05, 3.63) is 42.1 Å². The molecule has 6 heteroatoms. The number of guanidine groups is 1. The van der Waals surface area contributed by atoms with E-state index in [1.165, 1.54) is 30.2 Å². The molecule has 0 aliphatic heterocycles. The molecule has 0 bridgehead atoms. The summed E-state index contributed by atoms with van der Waals surface area (Å²) in [6.07, 6.45) is 7.78. The van der Waals surface area contributed by atoms with E-state index >= 15 is 0 Å². The van der Waals surface area contributed by atoms with Gasteiger partial charge in [0.25, 0.3) is 0 Å². The van der Waals surface area contributed by atoms with E-state index in [0.717, 1.165) is 44.0 Å². The molecule has 1 fully saturated rings. The number of benzene rings is 1. The van der Waals surface area contributed by atoms with E-state index in [1.807, 2.05) is 19.3 Å². The number of aliphatic imine (C=N–C) groups is 1. The Labute approximate surface area is 179 Å². The Morgan fingerprint density at radius 2 is 2.04 bits per heavy atom. The quantitative estimate of drug-likeness (QED) is 0.342. The van der Waals surface area contributed by atoms with Crippen molar-refractivity contribution in [3.63, 3.8) is 0 Å². The minimum absolute atomic E-state index is 0. The van der Waals surface area contributed by atoms with Crippen molar-refractivity contribution in [1.29, 1.82) is 0 Å². The molecule has 148 valence electrons. The van der Waals surface area contributed by atoms with Crippen LogP contribution in [0, 0.1) is 5.41 Å². The van der Waals surface area contributed by atoms with Gasteiger partial charge < -0.3 is 15.4 Å². The molecule has 0 amide bonds. The molecule has 1 saturated carbocycles. The third-order valence-corrected chi connectivity index (χ3v) is 5.51. The van der Waals surface area contributed by atoms with E-state index in [4.69, 9.17) is 4.74 Å². The fraction of sp³-hybridized carbons (Fsp3) is 0.524. The van der Waals surface area contributed by atoms with Gasteiger partial charge in [0.1, 0.15) is 0 Å². The molecular formula is C21H31IN4O. The molecule has 0 unspecified atom stereocenters. The number of rotatable bonds is 8. The van der Waals surface area contributed by atoms with Gasteiger partial charge in [-0.05, 0) is 42.7 Å². The molecule has 0 spiro atoms. The van der Waals surface area contributed by atoms with Gasteiger partial charge in [0.15, 0.2) is 5.96 Å². The van der Waals surface area contributed by atoms with Crippen molar-refractivity contribution in [3.8, 4) is 0 Å². The smallest absolute Gasteiger partial charge is 0.191 e. The largest absolute Gasteiger partial charge is 0.385 e. The number of nitrogens with zero attached hydrogens (tertiary/aromatic N) is 2. The Bertz CT molecular complexity index is 741. The molecule has 0 radical (unpaired) electrons. The molecule has 1 aromatic heterocycles. The summed E-state index contributed by atoms with van der Waals surface area (Å²) < 4.78 is 5.28. The number of fused-ring (bicyclic) bond motifs is 1. The Morgan fingerprint density at radius 3 is 2.74 bits per heavy atom. The van der Waals surface area contributed by atoms with Crippen LogP contribution in [0.1, 0.15) is 31.2 Å². The third-order valence-electron chi connectivity index (χ3n) is 5.51. The predicted octanol–water partition coefficient (Wildman–Crippen LogP) is 3.77. The summed E-state index contributed by atoms with van der Waals surface area (Å²) in [6, 6.07) is 10.5. The summed E-state index contributed by atoms with van der Waals surface area (Å²) in [6.45, 7) is 2.63. The lowest BCUT2D eigenvalue weighted by Crippen LogP contribution is -2.47. The number of halogens is 1. The Morgan fingerprint density at radius 1 is 1.22 bits per heavy atom. The first-order valence-corrected chi connectivity index (χ1v) is 9.52. The molecule has 1 aliphatic rings. The van der Waals surface area contributed by atoms with E-state index in [9.17, 15) is 0 Å². The third kappa shape index (κ3) is 5.78. The topological polar surface area (TPSA) is 58.5 Å². The molecule has 2 N–H and O–H groups in total. The monoisotopic (exact) mass is 482 g/mol. The maximum Gasteiger partial charge on any atom is 0.191 e. The first-order chi connectivity index (χ1) is 12.8. The van der Waals surface area contributed by atoms with Crippen LogP contribution in [0.4, 0.5) is 0 Å². The summed E-state index contributed by atoms with van der Waals surface area (Å²) >= 11 is 0. The summed E-state index contributed by atoms with van der Waals surface area (Å²) in [4.78, 5) is 8.90. The second-order valence-electron chi connectivity index (χ2n) is 7.19. The maximum atomic E-state index is 5.28. The zero-order valence-electron chi connectivity index (χ0n) is 16.3. The standard InChI is InChI=1S/C21H30N4O.HI/c1-22-20(25-16-21(10-5-11-21)12-15-26-2)24-14-9-18-7-3-6-17-8-4-13-23-19(17)18;/h3-4,6-8,13H,5,9-12,14-16H2,1-2H3,(H2,22,24,25);1H. The van der Waals surface area contributed by atoms with Crippen molar-refractivity contribution in [2.24, 2.45) is 10.4 Å². The normalized spacial score (nSPS) is 15.7. The van der Waals surface area contributed by atoms with Crippen molar-refractivity contribution in [2.45, 2.75) is 32.1 Å². The molecular weight excluding hydrogens is 451 g/mol. The van der Waals surface area contributed by atoms with Gasteiger partial charge >= 0.3 is 0 Å². The maximum absolute atomic E-state index is 5.28. The zero-order chi connectivity index (χ0) is 18.2. The number of nitrogens with one attached hydrogen (secondary N) is 2. The zero-order valence-corrected chi connectivity index (χ0v) is 18.7. The van der Waals surface area contributed by atoms with Crippen LogP contribution in [0.5, 0.6) is 0 Å². The molecule has 27 heavy (non-hydrogen) atoms. The van der Waals surface area contributed by atoms with Crippen molar-refractivity contribution >= 4 is 40.8 Å². The number of ether oxygens (including phenoxy) is 1. The van der Waals surface area contributed by atoms with Crippen LogP contribution >= 0.6 is 24.0 Å². The first-order valence-electron chi connectivity index (χ1n) is 9.52. The van der Waals surface area contributed by atoms with Crippen LogP contribution in [-0.4, -0.2) is 44.8 Å². The van der Waals surface area contributed by atoms with Gasteiger partial charge in [-0.3, -0.25) is 9.98 Å². The van der Waals surface area contributed by atoms with E-state index in [0.29, 0.717) is 5.41 Å². The van der Waals surface area contributed by atoms with Gasteiger partial charge in [0, 0.05) is 45.4 Å². The van der Waals surface area contributed by atoms with Gasteiger partial charge in [0.05, 0.1) is 5.52 Å². The highest BCUT2D eigenvalue weighted by atomic mass is 127. The number of hydrogen-bond donors (Lipinski definition) is 2. The van der Waals surface area contributed by atoms with Crippen molar-refractivity contribution < 1.29 is 4.74 Å². The highest BCUT2D eigenvalue weighted by molar-refractivity contribution is 14.0. The van der Waals surface area contributed by atoms with Gasteiger partial charge in [-0.1, -0.05) is 30.7 Å². The van der Waals surface area contributed by atoms with Crippen LogP contribution < -0.4 is 10.6 Å². The van der Waals surface area contributed by atoms with E-state index in [-0.39, 0.29) is 24.0 Å². The van der Waals surface area contributed by atoms with Crippen LogP contribution in [0.3, 0.4) is 0 Å². The van der Waals surface area contributed by atoms with Gasteiger partial charge in [-0.2, -0.15) is 0 Å². The molecule has 1 aliphatic carbocycles. The minimum Gasteiger partial charge on any atom is -0.385 e. The Balaban J connectivity index is 0.00000261. The summed E-state index contributed by atoms with van der Waals surface area (Å²) in [5.74, 6) is 0.877. The van der Waals surface area contributed by atoms with Gasteiger partial charge in [0.2, 0.25) is 0 Å². The van der Waals surface area contributed by atoms with Crippen molar-refractivity contribution in [1.82, 2.24) is 15.6 Å². The molecule has 1 aromatic carbocycles. The number of para-hydroxylation sites is 1. The lowest BCUT2D eigenvalue weighted by atomic mass is 9.67. The molecule has 1 heterocycles. The van der Waals surface area contributed by atoms with Crippen LogP contribution in [0.2, 0.25) is 0 Å². The first kappa shape index (κ1) is 21.9. The lowest BCUT2D eigenvalue weighted by Gasteiger charge is -2.42. The average molecular weight is 482 g/mol. The van der Waals surface area contributed by atoms with E-state index < -0.39 is 0 Å². The van der Waals surface area contributed by atoms with Crippen molar-refractivity contribution in [2.75, 3.05) is 33.9 Å². The number of methoxy groups -OCH3 is 1. The fourth-order valence-corrected chi connectivity index (χ4v) is 3.69. The predicted molar refractivity (Wildman–Crippen MR) is 123 cm³/mol. The molecule has 0 saturated heterocycles. The second-order valence-corrected chi connectivity index (χ2v) is 7.19. The summed E-state index contributed by atoms with van der Waals surface area (Å²) in [5.41, 5.74) is 2.74. The van der Waals surface area contributed by atoms with Gasteiger partial charge in [-0.25, -0.2) is 0 Å². The molecule has 5 nitrogen and oxygen atoms in total. The summed E-state index contributed by atoms with van der Waals surface area (Å²) in [5, 5.41) is 8.14. The highest BCUT2D eigenvalue weighted by Gasteiger charge is 2.36. The van der Waals surface area contributed by atoms with Crippen LogP contribution in [0.25, 0.3) is 10.9 Å². The van der Waals surface area contributed by atoms with E-state index in [2.05, 4.69) is 44.9 Å². The Kier molecular flexibility index (Phi) is 8.76. The SMILES string of the molecule is CN=C(NCCc1cccc2cccnc12)NCC1(CCOC)CCC1.I. The van der Waals surface area contributed by atoms with Gasteiger partial charge in [-0.15, -0.1) is 24.0 Å². The number of hydrogen-bond acceptors (Lipinski definition) is 3. The molecule has 3 rings (SSSR count). The van der Waals surface area contributed by atoms with Crippen LogP contribution in [-0.2, 0) is 11.2 Å². The summed E-state index contributed by atoms with van der Waals surface area (Å²) in [7, 11) is 3.61. The fourth-order valence-electron chi connectivity index (χ4n) is 3.69. The lowest BCUT2D eigenvalue weighted by molar-refractivity contribution is 0.0732. The van der Waals surface area contributed by atoms with Crippen LogP contribution in [0.15, 0.2) is 41.5 Å². The second kappa shape index (κ2) is 10.8. The average Bonchev–Trinajstić information content (AvgIpc) is 2.65. The minimum atomic E-state index is 0. The number of pyridine rings is 1. The highest BCUT2D eigenvalue weighted by Crippen LogP contribution is 2.43. The molecule has 0 atom stereocenters. The van der Waals surface area contributed by atoms with E-state index in [1.54, 1.807) is 7.11 Å².